The molecule has 23 heavy (non-hydrogen) atoms. The molecule has 0 aromatic carbocycles. The Bertz CT molecular complexity index is 540. The van der Waals surface area contributed by atoms with Gasteiger partial charge in [-0.2, -0.15) is 17.2 Å². The van der Waals surface area contributed by atoms with Crippen molar-refractivity contribution in [3.8, 4) is 0 Å². The third kappa shape index (κ3) is 6.26. The van der Waals surface area contributed by atoms with Gasteiger partial charge in [-0.25, -0.2) is 0 Å². The molecule has 0 bridgehead atoms. The third-order valence-corrected chi connectivity index (χ3v) is 6.09. The SMILES string of the molecule is CC1=C(C)C(C)(C)[C-]=C1C1=CC=CC1.[Cl-].[Cl-].[Zr+2]=[C]1CCCCC1. The third-order valence-electron chi connectivity index (χ3n) is 4.86. The molecule has 126 valence electrons. The molecule has 3 aliphatic rings. The minimum absolute atomic E-state index is 0. The molecule has 0 nitrogen and oxygen atoms in total. The van der Waals surface area contributed by atoms with Gasteiger partial charge in [0.15, 0.2) is 0 Å². The van der Waals surface area contributed by atoms with Crippen LogP contribution >= 0.6 is 0 Å². The molecular weight excluding hydrogens is 402 g/mol. The van der Waals surface area contributed by atoms with Crippen LogP contribution in [0.4, 0.5) is 0 Å². The molecule has 0 aliphatic heterocycles. The fourth-order valence-corrected chi connectivity index (χ4v) is 3.96. The number of halogens is 2. The summed E-state index contributed by atoms with van der Waals surface area (Å²) in [6.07, 6.45) is 18.5. The van der Waals surface area contributed by atoms with Crippen LogP contribution in [0, 0.1) is 11.5 Å². The van der Waals surface area contributed by atoms with E-state index in [9.17, 15) is 0 Å². The molecule has 1 saturated carbocycles. The molecule has 0 saturated heterocycles. The molecule has 0 spiro atoms. The minimum atomic E-state index is 0. The van der Waals surface area contributed by atoms with Gasteiger partial charge in [0.25, 0.3) is 0 Å². The zero-order chi connectivity index (χ0) is 15.5. The Morgan fingerprint density at radius 1 is 1.04 bits per heavy atom. The summed E-state index contributed by atoms with van der Waals surface area (Å²) in [5.41, 5.74) is 5.78. The number of rotatable bonds is 1. The number of allylic oxidation sites excluding steroid dienone is 8. The van der Waals surface area contributed by atoms with Crippen molar-refractivity contribution in [3.63, 3.8) is 0 Å². The van der Waals surface area contributed by atoms with E-state index in [1.807, 2.05) is 0 Å². The molecule has 3 aliphatic carbocycles. The summed E-state index contributed by atoms with van der Waals surface area (Å²) in [6.45, 7) is 8.91. The molecule has 0 unspecified atom stereocenters. The second kappa shape index (κ2) is 10.3. The van der Waals surface area contributed by atoms with Crippen LogP contribution in [0.1, 0.15) is 66.2 Å². The van der Waals surface area contributed by atoms with Crippen molar-refractivity contribution in [2.24, 2.45) is 5.41 Å². The summed E-state index contributed by atoms with van der Waals surface area (Å²) >= 11 is 1.69. The van der Waals surface area contributed by atoms with Crippen molar-refractivity contribution in [1.29, 1.82) is 0 Å². The first-order chi connectivity index (χ1) is 9.92. The second-order valence-corrected chi connectivity index (χ2v) is 8.60. The molecule has 0 aromatic rings. The summed E-state index contributed by atoms with van der Waals surface area (Å²) in [4.78, 5) is 0. The molecule has 0 N–H and O–H groups in total. The second-order valence-electron chi connectivity index (χ2n) is 6.86. The van der Waals surface area contributed by atoms with E-state index in [4.69, 9.17) is 0 Å². The Morgan fingerprint density at radius 2 is 1.65 bits per heavy atom. The molecule has 3 heteroatoms. The van der Waals surface area contributed by atoms with Crippen LogP contribution in [-0.2, 0) is 24.2 Å². The van der Waals surface area contributed by atoms with Gasteiger partial charge in [0.05, 0.1) is 0 Å². The van der Waals surface area contributed by atoms with Gasteiger partial charge < -0.3 is 24.8 Å². The van der Waals surface area contributed by atoms with E-state index in [0.717, 1.165) is 6.42 Å². The van der Waals surface area contributed by atoms with Gasteiger partial charge in [0.2, 0.25) is 0 Å². The van der Waals surface area contributed by atoms with Crippen molar-refractivity contribution < 1.29 is 49.0 Å². The summed E-state index contributed by atoms with van der Waals surface area (Å²) in [5, 5.41) is 0. The van der Waals surface area contributed by atoms with Crippen LogP contribution < -0.4 is 24.8 Å². The first kappa shape index (κ1) is 23.3. The summed E-state index contributed by atoms with van der Waals surface area (Å²) in [5.74, 6) is 0. The van der Waals surface area contributed by atoms with E-state index < -0.39 is 0 Å². The predicted molar refractivity (Wildman–Crippen MR) is 88.8 cm³/mol. The van der Waals surface area contributed by atoms with Gasteiger partial charge in [-0.3, -0.25) is 0 Å². The summed E-state index contributed by atoms with van der Waals surface area (Å²) in [6, 6.07) is 0. The maximum absolute atomic E-state index is 3.61. The van der Waals surface area contributed by atoms with Gasteiger partial charge in [0.1, 0.15) is 0 Å². The number of hydrogen-bond acceptors (Lipinski definition) is 0. The Balaban J connectivity index is 0.000000463. The topological polar surface area (TPSA) is 0 Å². The fraction of sp³-hybridized carbons (Fsp3) is 0.550. The maximum atomic E-state index is 3.61. The fourth-order valence-electron chi connectivity index (χ4n) is 3.09. The Labute approximate surface area is 169 Å². The molecule has 0 amide bonds. The van der Waals surface area contributed by atoms with Crippen LogP contribution in [0.3, 0.4) is 0 Å². The molecule has 0 atom stereocenters. The Hall–Kier alpha value is 0.293. The van der Waals surface area contributed by atoms with Gasteiger partial charge in [-0.15, -0.1) is 17.2 Å². The molecule has 1 fully saturated rings. The van der Waals surface area contributed by atoms with Crippen molar-refractivity contribution in [1.82, 2.24) is 0 Å². The molecule has 0 heterocycles. The normalized spacial score (nSPS) is 21.7. The van der Waals surface area contributed by atoms with Crippen molar-refractivity contribution in [3.05, 3.63) is 46.6 Å². The van der Waals surface area contributed by atoms with Gasteiger partial charge in [-0.05, 0) is 0 Å². The van der Waals surface area contributed by atoms with Crippen molar-refractivity contribution in [2.75, 3.05) is 0 Å². The van der Waals surface area contributed by atoms with Crippen LogP contribution in [0.15, 0.2) is 40.5 Å². The van der Waals surface area contributed by atoms with E-state index in [0.29, 0.717) is 0 Å². The predicted octanol–water partition coefficient (Wildman–Crippen LogP) is -0.344. The summed E-state index contributed by atoms with van der Waals surface area (Å²) < 4.78 is 1.80. The standard InChI is InChI=1S/C14H17.C6H10.2ClH.Zr/c1-10-11(2)14(3,4)9-13(10)12-7-5-6-8-12;1-2-4-6-5-3-1;;;/h5-7H,8H2,1-4H3;1-5H2;2*1H;/q-1;;;;+2/p-2. The zero-order valence-corrected chi connectivity index (χ0v) is 18.7. The zero-order valence-electron chi connectivity index (χ0n) is 14.7. The van der Waals surface area contributed by atoms with Crippen LogP contribution in [0.5, 0.6) is 0 Å². The average molecular weight is 430 g/mol. The monoisotopic (exact) mass is 427 g/mol. The van der Waals surface area contributed by atoms with E-state index in [1.165, 1.54) is 54.4 Å². The van der Waals surface area contributed by atoms with E-state index in [-0.39, 0.29) is 30.2 Å². The number of hydrogen-bond donors (Lipinski definition) is 0. The van der Waals surface area contributed by atoms with E-state index >= 15 is 0 Å². The van der Waals surface area contributed by atoms with Gasteiger partial charge in [0, 0.05) is 0 Å². The van der Waals surface area contributed by atoms with E-state index in [2.05, 4.69) is 52.0 Å². The molecule has 0 aromatic heterocycles. The van der Waals surface area contributed by atoms with E-state index in [1.54, 1.807) is 27.4 Å². The molecular formula is C20H27Cl2Zr-. The van der Waals surface area contributed by atoms with Crippen molar-refractivity contribution in [2.45, 2.75) is 66.2 Å². The first-order valence-corrected chi connectivity index (χ1v) is 9.40. The van der Waals surface area contributed by atoms with Crippen LogP contribution in [0.25, 0.3) is 0 Å². The van der Waals surface area contributed by atoms with Gasteiger partial charge >= 0.3 is 59.5 Å². The Morgan fingerprint density at radius 3 is 2.00 bits per heavy atom. The van der Waals surface area contributed by atoms with Crippen LogP contribution in [0.2, 0.25) is 0 Å². The average Bonchev–Trinajstić information content (AvgIpc) is 3.04. The summed E-state index contributed by atoms with van der Waals surface area (Å²) in [7, 11) is 0. The van der Waals surface area contributed by atoms with Crippen LogP contribution in [-0.4, -0.2) is 3.21 Å². The Kier molecular flexibility index (Phi) is 10.5. The molecule has 3 rings (SSSR count). The first-order valence-electron chi connectivity index (χ1n) is 8.17. The quantitative estimate of drug-likeness (QED) is 0.501. The van der Waals surface area contributed by atoms with Crippen molar-refractivity contribution >= 4 is 3.21 Å². The molecule has 0 radical (unpaired) electrons. The van der Waals surface area contributed by atoms with Gasteiger partial charge in [-0.1, -0.05) is 51.7 Å².